The van der Waals surface area contributed by atoms with Crippen molar-refractivity contribution in [3.05, 3.63) is 35.4 Å². The van der Waals surface area contributed by atoms with Gasteiger partial charge in [-0.05, 0) is 50.4 Å². The Labute approximate surface area is 122 Å². The van der Waals surface area contributed by atoms with Crippen LogP contribution < -0.4 is 5.73 Å². The second-order valence-corrected chi connectivity index (χ2v) is 6.36. The lowest BCUT2D eigenvalue weighted by Crippen LogP contribution is -2.37. The number of hydrogen-bond donors (Lipinski definition) is 1. The lowest BCUT2D eigenvalue weighted by atomic mass is 10.0. The van der Waals surface area contributed by atoms with E-state index in [1.807, 2.05) is 0 Å². The molecule has 2 atom stereocenters. The summed E-state index contributed by atoms with van der Waals surface area (Å²) in [7, 11) is 2.32. The first-order valence-corrected chi connectivity index (χ1v) is 7.99. The highest BCUT2D eigenvalue weighted by molar-refractivity contribution is 5.27. The molecular formula is C17H27N3. The maximum Gasteiger partial charge on any atom is 0.0223 e. The van der Waals surface area contributed by atoms with Crippen molar-refractivity contribution in [2.24, 2.45) is 5.73 Å². The van der Waals surface area contributed by atoms with Crippen LogP contribution in [0.5, 0.6) is 0 Å². The Hall–Kier alpha value is -0.900. The van der Waals surface area contributed by atoms with Crippen LogP contribution in [0.2, 0.25) is 0 Å². The fraction of sp³-hybridized carbons (Fsp3) is 0.647. The fourth-order valence-electron chi connectivity index (χ4n) is 3.86. The molecule has 2 aliphatic rings. The molecule has 1 aromatic carbocycles. The van der Waals surface area contributed by atoms with Crippen LogP contribution in [0.3, 0.4) is 0 Å². The lowest BCUT2D eigenvalue weighted by molar-refractivity contribution is 0.220. The number of nitrogens with zero attached hydrogens (tertiary/aromatic N) is 2. The van der Waals surface area contributed by atoms with Gasteiger partial charge in [0.1, 0.15) is 0 Å². The second kappa shape index (κ2) is 6.25. The van der Waals surface area contributed by atoms with Crippen molar-refractivity contribution in [2.75, 3.05) is 26.7 Å². The van der Waals surface area contributed by atoms with E-state index in [9.17, 15) is 0 Å². The van der Waals surface area contributed by atoms with E-state index in [0.29, 0.717) is 6.54 Å². The van der Waals surface area contributed by atoms with Crippen LogP contribution in [-0.2, 0) is 13.0 Å². The Bertz CT molecular complexity index is 446. The lowest BCUT2D eigenvalue weighted by Gasteiger charge is -2.25. The third kappa shape index (κ3) is 2.90. The van der Waals surface area contributed by atoms with Crippen molar-refractivity contribution in [3.63, 3.8) is 0 Å². The molecule has 0 spiro atoms. The van der Waals surface area contributed by atoms with Crippen LogP contribution in [0.25, 0.3) is 0 Å². The third-order valence-electron chi connectivity index (χ3n) is 5.27. The standard InChI is InChI=1S/C17H27N3/c1-19-16-6-7-17(19)13-20(11-9-16)10-8-14-4-2-3-5-15(14)12-18/h2-5,16-17H,6-13,18H2,1H3. The maximum atomic E-state index is 5.83. The zero-order valence-electron chi connectivity index (χ0n) is 12.6. The van der Waals surface area contributed by atoms with E-state index in [0.717, 1.165) is 18.5 Å². The summed E-state index contributed by atoms with van der Waals surface area (Å²) in [5.74, 6) is 0. The summed E-state index contributed by atoms with van der Waals surface area (Å²) in [5.41, 5.74) is 8.57. The largest absolute Gasteiger partial charge is 0.326 e. The van der Waals surface area contributed by atoms with Gasteiger partial charge in [0, 0.05) is 31.7 Å². The minimum absolute atomic E-state index is 0.656. The van der Waals surface area contributed by atoms with Gasteiger partial charge >= 0.3 is 0 Å². The quantitative estimate of drug-likeness (QED) is 0.909. The zero-order valence-corrected chi connectivity index (χ0v) is 12.6. The Kier molecular flexibility index (Phi) is 4.39. The molecule has 1 aromatic rings. The van der Waals surface area contributed by atoms with Crippen molar-refractivity contribution in [2.45, 2.75) is 44.3 Å². The van der Waals surface area contributed by atoms with Gasteiger partial charge in [0.2, 0.25) is 0 Å². The predicted octanol–water partition coefficient (Wildman–Crippen LogP) is 1.86. The molecule has 2 heterocycles. The molecule has 2 N–H and O–H groups in total. The SMILES string of the molecule is CN1C2CCC1CN(CCc1ccccc1CN)CC2. The molecule has 0 aliphatic carbocycles. The van der Waals surface area contributed by atoms with Gasteiger partial charge in [0.25, 0.3) is 0 Å². The summed E-state index contributed by atoms with van der Waals surface area (Å²) in [6.07, 6.45) is 5.27. The Balaban J connectivity index is 1.59. The molecule has 3 rings (SSSR count). The Morgan fingerprint density at radius 2 is 1.85 bits per heavy atom. The van der Waals surface area contributed by atoms with Gasteiger partial charge in [-0.3, -0.25) is 4.90 Å². The number of hydrogen-bond acceptors (Lipinski definition) is 3. The van der Waals surface area contributed by atoms with E-state index in [4.69, 9.17) is 5.73 Å². The van der Waals surface area contributed by atoms with Gasteiger partial charge in [-0.2, -0.15) is 0 Å². The van der Waals surface area contributed by atoms with Crippen LogP contribution in [0.4, 0.5) is 0 Å². The summed E-state index contributed by atoms with van der Waals surface area (Å²) < 4.78 is 0. The molecule has 2 unspecified atom stereocenters. The summed E-state index contributed by atoms with van der Waals surface area (Å²) in [4.78, 5) is 5.28. The highest BCUT2D eigenvalue weighted by Gasteiger charge is 2.34. The first-order chi connectivity index (χ1) is 9.78. The maximum absolute atomic E-state index is 5.83. The minimum Gasteiger partial charge on any atom is -0.326 e. The van der Waals surface area contributed by atoms with Crippen molar-refractivity contribution in [3.8, 4) is 0 Å². The molecule has 110 valence electrons. The average molecular weight is 273 g/mol. The van der Waals surface area contributed by atoms with E-state index >= 15 is 0 Å². The number of likely N-dealkylation sites (tertiary alicyclic amines) is 1. The molecular weight excluding hydrogens is 246 g/mol. The van der Waals surface area contributed by atoms with Gasteiger partial charge in [-0.15, -0.1) is 0 Å². The van der Waals surface area contributed by atoms with Gasteiger partial charge in [0.05, 0.1) is 0 Å². The van der Waals surface area contributed by atoms with E-state index < -0.39 is 0 Å². The van der Waals surface area contributed by atoms with E-state index in [-0.39, 0.29) is 0 Å². The minimum atomic E-state index is 0.656. The Morgan fingerprint density at radius 3 is 2.65 bits per heavy atom. The van der Waals surface area contributed by atoms with E-state index in [2.05, 4.69) is 41.1 Å². The number of likely N-dealkylation sites (N-methyl/N-ethyl adjacent to an activating group) is 1. The van der Waals surface area contributed by atoms with Gasteiger partial charge in [0.15, 0.2) is 0 Å². The average Bonchev–Trinajstić information content (AvgIpc) is 2.72. The number of rotatable bonds is 4. The van der Waals surface area contributed by atoms with Crippen molar-refractivity contribution < 1.29 is 0 Å². The molecule has 3 nitrogen and oxygen atoms in total. The number of nitrogens with two attached hydrogens (primary N) is 1. The molecule has 0 saturated carbocycles. The smallest absolute Gasteiger partial charge is 0.0223 e. The molecule has 2 aliphatic heterocycles. The third-order valence-corrected chi connectivity index (χ3v) is 5.27. The van der Waals surface area contributed by atoms with Crippen LogP contribution >= 0.6 is 0 Å². The number of benzene rings is 1. The molecule has 20 heavy (non-hydrogen) atoms. The van der Waals surface area contributed by atoms with Crippen LogP contribution in [0, 0.1) is 0 Å². The molecule has 0 aromatic heterocycles. The van der Waals surface area contributed by atoms with Gasteiger partial charge < -0.3 is 10.6 Å². The highest BCUT2D eigenvalue weighted by atomic mass is 15.3. The topological polar surface area (TPSA) is 32.5 Å². The van der Waals surface area contributed by atoms with Crippen LogP contribution in [0.15, 0.2) is 24.3 Å². The van der Waals surface area contributed by atoms with Crippen LogP contribution in [-0.4, -0.2) is 48.6 Å². The van der Waals surface area contributed by atoms with Gasteiger partial charge in [-0.1, -0.05) is 24.3 Å². The molecule has 0 radical (unpaired) electrons. The monoisotopic (exact) mass is 273 g/mol. The van der Waals surface area contributed by atoms with Crippen molar-refractivity contribution in [1.82, 2.24) is 9.80 Å². The van der Waals surface area contributed by atoms with Crippen LogP contribution in [0.1, 0.15) is 30.4 Å². The molecule has 2 fully saturated rings. The summed E-state index contributed by atoms with van der Waals surface area (Å²) >= 11 is 0. The highest BCUT2D eigenvalue weighted by Crippen LogP contribution is 2.28. The summed E-state index contributed by atoms with van der Waals surface area (Å²) in [6, 6.07) is 10.2. The summed E-state index contributed by atoms with van der Waals surface area (Å²) in [6.45, 7) is 4.34. The molecule has 2 bridgehead atoms. The molecule has 0 amide bonds. The zero-order chi connectivity index (χ0) is 13.9. The second-order valence-electron chi connectivity index (χ2n) is 6.36. The Morgan fingerprint density at radius 1 is 1.10 bits per heavy atom. The van der Waals surface area contributed by atoms with Crippen molar-refractivity contribution in [1.29, 1.82) is 0 Å². The van der Waals surface area contributed by atoms with E-state index in [1.54, 1.807) is 0 Å². The van der Waals surface area contributed by atoms with Gasteiger partial charge in [-0.25, -0.2) is 0 Å². The molecule has 2 saturated heterocycles. The summed E-state index contributed by atoms with van der Waals surface area (Å²) in [5, 5.41) is 0. The first-order valence-electron chi connectivity index (χ1n) is 7.99. The predicted molar refractivity (Wildman–Crippen MR) is 83.7 cm³/mol. The van der Waals surface area contributed by atoms with Crippen molar-refractivity contribution >= 4 is 0 Å². The first kappa shape index (κ1) is 14.1. The number of fused-ring (bicyclic) bond motifs is 2. The van der Waals surface area contributed by atoms with E-state index in [1.165, 1.54) is 50.0 Å². The molecule has 3 heteroatoms. The normalized spacial score (nSPS) is 27.7. The fourth-order valence-corrected chi connectivity index (χ4v) is 3.86.